The molecule has 4 aliphatic rings. The maximum absolute atomic E-state index is 12.3. The molecule has 0 bridgehead atoms. The number of ketones is 2. The zero-order valence-electron chi connectivity index (χ0n) is 15.1. The van der Waals surface area contributed by atoms with Crippen LogP contribution in [0.1, 0.15) is 46.0 Å². The van der Waals surface area contributed by atoms with Crippen LogP contribution in [0.5, 0.6) is 0 Å². The first-order valence-corrected chi connectivity index (χ1v) is 9.57. The summed E-state index contributed by atoms with van der Waals surface area (Å²) < 4.78 is 0. The second-order valence-electron chi connectivity index (χ2n) is 9.05. The Labute approximate surface area is 149 Å². The van der Waals surface area contributed by atoms with E-state index in [0.717, 1.165) is 31.3 Å². The zero-order valence-corrected chi connectivity index (χ0v) is 15.1. The van der Waals surface area contributed by atoms with Gasteiger partial charge in [-0.15, -0.1) is 0 Å². The Morgan fingerprint density at radius 3 is 2.76 bits per heavy atom. The molecule has 4 heteroatoms. The van der Waals surface area contributed by atoms with Crippen LogP contribution in [0.4, 0.5) is 0 Å². The number of carbonyl (C=O) groups is 2. The smallest absolute Gasteiger partial charge is 0.178 e. The van der Waals surface area contributed by atoms with Gasteiger partial charge in [-0.3, -0.25) is 9.59 Å². The van der Waals surface area contributed by atoms with Crippen LogP contribution in [-0.2, 0) is 9.59 Å². The number of fused-ring (bicyclic) bond motifs is 5. The van der Waals surface area contributed by atoms with Gasteiger partial charge in [0.05, 0.1) is 6.10 Å². The molecule has 3 fully saturated rings. The van der Waals surface area contributed by atoms with E-state index in [2.05, 4.69) is 13.8 Å². The van der Waals surface area contributed by atoms with Gasteiger partial charge in [-0.2, -0.15) is 0 Å². The van der Waals surface area contributed by atoms with Crippen molar-refractivity contribution in [2.45, 2.75) is 52.1 Å². The van der Waals surface area contributed by atoms with E-state index >= 15 is 0 Å². The van der Waals surface area contributed by atoms with Crippen LogP contribution in [-0.4, -0.2) is 34.5 Å². The highest BCUT2D eigenvalue weighted by atomic mass is 16.3. The largest absolute Gasteiger partial charge is 0.393 e. The van der Waals surface area contributed by atoms with Crippen LogP contribution in [0.25, 0.3) is 0 Å². The molecule has 0 aromatic heterocycles. The van der Waals surface area contributed by atoms with Gasteiger partial charge in [0.1, 0.15) is 6.61 Å². The average Bonchev–Trinajstić information content (AvgIpc) is 2.91. The third kappa shape index (κ3) is 2.26. The van der Waals surface area contributed by atoms with E-state index < -0.39 is 12.7 Å². The second kappa shape index (κ2) is 5.62. The first-order chi connectivity index (χ1) is 11.8. The molecule has 0 radical (unpaired) electrons. The van der Waals surface area contributed by atoms with Gasteiger partial charge in [0.2, 0.25) is 0 Å². The van der Waals surface area contributed by atoms with Crippen LogP contribution >= 0.6 is 0 Å². The highest BCUT2D eigenvalue weighted by molar-refractivity contribution is 6.01. The van der Waals surface area contributed by atoms with Crippen molar-refractivity contribution >= 4 is 11.6 Å². The number of carbonyl (C=O) groups excluding carboxylic acids is 2. The van der Waals surface area contributed by atoms with Crippen LogP contribution < -0.4 is 0 Å². The highest BCUT2D eigenvalue weighted by Crippen LogP contribution is 2.65. The Morgan fingerprint density at radius 1 is 1.28 bits per heavy atom. The second-order valence-corrected chi connectivity index (χ2v) is 9.05. The van der Waals surface area contributed by atoms with E-state index in [9.17, 15) is 19.8 Å². The SMILES string of the molecule is CC12C=CC(=O)C=C1CCC1C2C(O)C[C@@]2(C)C1CC[C@@H]2C(=O)CO. The predicted octanol–water partition coefficient (Wildman–Crippen LogP) is 2.44. The number of rotatable bonds is 2. The van der Waals surface area contributed by atoms with Crippen molar-refractivity contribution in [2.75, 3.05) is 6.61 Å². The molecule has 0 heterocycles. The quantitative estimate of drug-likeness (QED) is 0.807. The van der Waals surface area contributed by atoms with Gasteiger partial charge in [0.25, 0.3) is 0 Å². The minimum absolute atomic E-state index is 0.0514. The zero-order chi connectivity index (χ0) is 18.0. The van der Waals surface area contributed by atoms with E-state index in [1.54, 1.807) is 12.2 Å². The normalized spacial score (nSPS) is 48.4. The fourth-order valence-corrected chi connectivity index (χ4v) is 6.96. The van der Waals surface area contributed by atoms with Crippen LogP contribution in [0.15, 0.2) is 23.8 Å². The van der Waals surface area contributed by atoms with Crippen LogP contribution in [0, 0.1) is 34.5 Å². The van der Waals surface area contributed by atoms with Gasteiger partial charge in [0, 0.05) is 17.3 Å². The summed E-state index contributed by atoms with van der Waals surface area (Å²) in [6.45, 7) is 3.92. The molecule has 3 saturated carbocycles. The molecule has 25 heavy (non-hydrogen) atoms. The Morgan fingerprint density at radius 2 is 2.04 bits per heavy atom. The molecular weight excluding hydrogens is 316 g/mol. The van der Waals surface area contributed by atoms with Gasteiger partial charge in [-0.25, -0.2) is 0 Å². The monoisotopic (exact) mass is 344 g/mol. The van der Waals surface area contributed by atoms with E-state index in [4.69, 9.17) is 0 Å². The van der Waals surface area contributed by atoms with Gasteiger partial charge in [0.15, 0.2) is 11.6 Å². The summed E-state index contributed by atoms with van der Waals surface area (Å²) in [4.78, 5) is 24.1. The number of aliphatic hydroxyl groups is 2. The first kappa shape index (κ1) is 17.2. The van der Waals surface area contributed by atoms with Crippen LogP contribution in [0.3, 0.4) is 0 Å². The maximum atomic E-state index is 12.3. The molecule has 0 aliphatic heterocycles. The van der Waals surface area contributed by atoms with E-state index in [0.29, 0.717) is 18.3 Å². The predicted molar refractivity (Wildman–Crippen MR) is 93.6 cm³/mol. The van der Waals surface area contributed by atoms with Crippen molar-refractivity contribution in [3.05, 3.63) is 23.8 Å². The third-order valence-electron chi connectivity index (χ3n) is 8.04. The number of allylic oxidation sites excluding steroid dienone is 4. The lowest BCUT2D eigenvalue weighted by Gasteiger charge is -2.58. The molecule has 0 saturated heterocycles. The molecule has 0 amide bonds. The molecule has 0 spiro atoms. The fraction of sp³-hybridized carbons (Fsp3) is 0.714. The van der Waals surface area contributed by atoms with Gasteiger partial charge in [-0.05, 0) is 61.5 Å². The van der Waals surface area contributed by atoms with Gasteiger partial charge >= 0.3 is 0 Å². The van der Waals surface area contributed by atoms with Crippen molar-refractivity contribution in [1.29, 1.82) is 0 Å². The minimum atomic E-state index is -0.482. The van der Waals surface area contributed by atoms with Gasteiger partial charge < -0.3 is 10.2 Å². The molecule has 4 rings (SSSR count). The van der Waals surface area contributed by atoms with Crippen molar-refractivity contribution in [2.24, 2.45) is 34.5 Å². The van der Waals surface area contributed by atoms with Gasteiger partial charge in [-0.1, -0.05) is 25.5 Å². The summed E-state index contributed by atoms with van der Waals surface area (Å²) in [6.07, 6.45) is 9.25. The molecule has 4 aliphatic carbocycles. The number of Topliss-reactive ketones (excluding diaryl/α,β-unsaturated/α-hetero) is 1. The number of hydrogen-bond donors (Lipinski definition) is 2. The average molecular weight is 344 g/mol. The Kier molecular flexibility index (Phi) is 3.86. The van der Waals surface area contributed by atoms with Crippen LogP contribution in [0.2, 0.25) is 0 Å². The van der Waals surface area contributed by atoms with E-state index in [-0.39, 0.29) is 34.2 Å². The fourth-order valence-electron chi connectivity index (χ4n) is 6.96. The lowest BCUT2D eigenvalue weighted by Crippen LogP contribution is -2.56. The van der Waals surface area contributed by atoms with E-state index in [1.807, 2.05) is 6.08 Å². The molecule has 7 atom stereocenters. The van der Waals surface area contributed by atoms with Crippen molar-refractivity contribution < 1.29 is 19.8 Å². The molecule has 0 aromatic rings. The lowest BCUT2D eigenvalue weighted by molar-refractivity contribution is -0.141. The van der Waals surface area contributed by atoms with Crippen molar-refractivity contribution in [1.82, 2.24) is 0 Å². The van der Waals surface area contributed by atoms with E-state index in [1.165, 1.54) is 0 Å². The standard InChI is InChI=1S/C21H28O4/c1-20-8-7-13(23)9-12(20)3-4-14-15-5-6-16(18(25)11-22)21(15,2)10-17(24)19(14)20/h7-9,14-17,19,22,24H,3-6,10-11H2,1-2H3/t14?,15?,16-,17?,19?,20?,21+/m1/s1. The number of aliphatic hydroxyl groups excluding tert-OH is 2. The summed E-state index contributed by atoms with van der Waals surface area (Å²) in [5.74, 6) is 0.734. The number of hydrogen-bond acceptors (Lipinski definition) is 4. The molecule has 5 unspecified atom stereocenters. The topological polar surface area (TPSA) is 74.6 Å². The minimum Gasteiger partial charge on any atom is -0.393 e. The Hall–Kier alpha value is -1.26. The third-order valence-corrected chi connectivity index (χ3v) is 8.04. The van der Waals surface area contributed by atoms with Crippen molar-refractivity contribution in [3.8, 4) is 0 Å². The summed E-state index contributed by atoms with van der Waals surface area (Å²) in [5.41, 5.74) is 0.688. The summed E-state index contributed by atoms with van der Waals surface area (Å²) in [5, 5.41) is 20.5. The Balaban J connectivity index is 1.71. The lowest BCUT2D eigenvalue weighted by atomic mass is 9.46. The highest BCUT2D eigenvalue weighted by Gasteiger charge is 2.62. The molecule has 0 aromatic carbocycles. The molecule has 4 nitrogen and oxygen atoms in total. The maximum Gasteiger partial charge on any atom is 0.178 e. The Bertz CT molecular complexity index is 677. The molecular formula is C21H28O4. The summed E-state index contributed by atoms with van der Waals surface area (Å²) in [6, 6.07) is 0. The van der Waals surface area contributed by atoms with Crippen molar-refractivity contribution in [3.63, 3.8) is 0 Å². The first-order valence-electron chi connectivity index (χ1n) is 9.57. The molecule has 2 N–H and O–H groups in total. The molecule has 136 valence electrons. The summed E-state index contributed by atoms with van der Waals surface area (Å²) in [7, 11) is 0. The summed E-state index contributed by atoms with van der Waals surface area (Å²) >= 11 is 0.